The van der Waals surface area contributed by atoms with Gasteiger partial charge in [0.05, 0.1) is 44.0 Å². The minimum atomic E-state index is -1.28. The van der Waals surface area contributed by atoms with Gasteiger partial charge in [0.15, 0.2) is 0 Å². The number of nitrogens with zero attached hydrogens (tertiary/aromatic N) is 3. The van der Waals surface area contributed by atoms with Gasteiger partial charge in [-0.15, -0.1) is 0 Å². The highest BCUT2D eigenvalue weighted by molar-refractivity contribution is 6.20. The first-order chi connectivity index (χ1) is 11.5. The van der Waals surface area contributed by atoms with Crippen LogP contribution in [0.2, 0.25) is 0 Å². The smallest absolute Gasteiger partial charge is 0.307 e. The second-order valence-electron chi connectivity index (χ2n) is 5.40. The normalized spacial score (nSPS) is 19.7. The summed E-state index contributed by atoms with van der Waals surface area (Å²) in [6, 6.07) is 8.81. The molecule has 1 amide bonds. The minimum Gasteiger partial charge on any atom is -0.497 e. The number of hydrogen-bond donors (Lipinski definition) is 0. The Morgan fingerprint density at radius 1 is 1.38 bits per heavy atom. The Morgan fingerprint density at radius 2 is 2.04 bits per heavy atom. The Bertz CT molecular complexity index is 706. The molecule has 0 saturated heterocycles. The molecular weight excluding hydrogens is 310 g/mol. The number of benzene rings is 1. The predicted molar refractivity (Wildman–Crippen MR) is 87.5 cm³/mol. The van der Waals surface area contributed by atoms with Gasteiger partial charge in [-0.25, -0.2) is 0 Å². The molecule has 24 heavy (non-hydrogen) atoms. The van der Waals surface area contributed by atoms with Crippen molar-refractivity contribution in [3.63, 3.8) is 0 Å². The van der Waals surface area contributed by atoms with Crippen LogP contribution in [0.15, 0.2) is 29.4 Å². The Labute approximate surface area is 140 Å². The van der Waals surface area contributed by atoms with Gasteiger partial charge in [-0.3, -0.25) is 9.59 Å². The van der Waals surface area contributed by atoms with Gasteiger partial charge in [-0.05, 0) is 38.1 Å². The summed E-state index contributed by atoms with van der Waals surface area (Å²) in [6.45, 7) is 3.56. The van der Waals surface area contributed by atoms with Gasteiger partial charge >= 0.3 is 5.97 Å². The number of hydrazone groups is 1. The van der Waals surface area contributed by atoms with E-state index in [1.54, 1.807) is 45.2 Å². The topological polar surface area (TPSA) is 92.0 Å². The van der Waals surface area contributed by atoms with Crippen LogP contribution in [0.4, 0.5) is 5.69 Å². The Hall–Kier alpha value is -2.88. The van der Waals surface area contributed by atoms with Gasteiger partial charge in [-0.1, -0.05) is 0 Å². The number of methoxy groups -OCH3 is 1. The summed E-state index contributed by atoms with van der Waals surface area (Å²) in [6.07, 6.45) is -0.331. The lowest BCUT2D eigenvalue weighted by atomic mass is 9.77. The second-order valence-corrected chi connectivity index (χ2v) is 5.40. The highest BCUT2D eigenvalue weighted by Crippen LogP contribution is 2.39. The largest absolute Gasteiger partial charge is 0.497 e. The van der Waals surface area contributed by atoms with E-state index in [1.807, 2.05) is 6.07 Å². The van der Waals surface area contributed by atoms with E-state index in [1.165, 1.54) is 5.01 Å². The zero-order valence-electron chi connectivity index (χ0n) is 13.9. The quantitative estimate of drug-likeness (QED) is 0.747. The summed E-state index contributed by atoms with van der Waals surface area (Å²) in [7, 11) is 1.55. The summed E-state index contributed by atoms with van der Waals surface area (Å²) in [5.74, 6) is -0.270. The van der Waals surface area contributed by atoms with Crippen molar-refractivity contribution in [3.05, 3.63) is 24.3 Å². The average molecular weight is 329 g/mol. The molecule has 1 aromatic carbocycles. The van der Waals surface area contributed by atoms with Crippen LogP contribution in [0.5, 0.6) is 5.75 Å². The summed E-state index contributed by atoms with van der Waals surface area (Å²) in [5.41, 5.74) is -0.303. The number of carbonyl (C=O) groups excluding carboxylic acids is 2. The molecular formula is C17H19N3O4. The Kier molecular flexibility index (Phi) is 5.19. The van der Waals surface area contributed by atoms with Gasteiger partial charge in [0.25, 0.3) is 5.91 Å². The van der Waals surface area contributed by atoms with E-state index in [-0.39, 0.29) is 19.4 Å². The Balaban J connectivity index is 2.34. The van der Waals surface area contributed by atoms with Crippen LogP contribution in [-0.4, -0.2) is 31.3 Å². The lowest BCUT2D eigenvalue weighted by Gasteiger charge is -2.24. The number of anilines is 1. The number of nitriles is 1. The SMILES string of the molecule is CCOC(=O)CC1(CC#N)C(=O)N(c2ccc(OC)cc2)N=C1C. The fourth-order valence-electron chi connectivity index (χ4n) is 2.61. The lowest BCUT2D eigenvalue weighted by molar-refractivity contribution is -0.147. The van der Waals surface area contributed by atoms with Crippen LogP contribution in [-0.2, 0) is 14.3 Å². The zero-order chi connectivity index (χ0) is 17.7. The fourth-order valence-corrected chi connectivity index (χ4v) is 2.61. The monoisotopic (exact) mass is 329 g/mol. The van der Waals surface area contributed by atoms with Crippen molar-refractivity contribution in [1.29, 1.82) is 5.26 Å². The van der Waals surface area contributed by atoms with Crippen LogP contribution >= 0.6 is 0 Å². The van der Waals surface area contributed by atoms with Crippen molar-refractivity contribution < 1.29 is 19.1 Å². The van der Waals surface area contributed by atoms with Gasteiger partial charge < -0.3 is 9.47 Å². The average Bonchev–Trinajstić information content (AvgIpc) is 2.80. The van der Waals surface area contributed by atoms with Crippen molar-refractivity contribution in [2.75, 3.05) is 18.7 Å². The maximum absolute atomic E-state index is 12.9. The van der Waals surface area contributed by atoms with Crippen molar-refractivity contribution in [2.45, 2.75) is 26.7 Å². The predicted octanol–water partition coefficient (Wildman–Crippen LogP) is 2.27. The summed E-state index contributed by atoms with van der Waals surface area (Å²) < 4.78 is 10.0. The third-order valence-corrected chi connectivity index (χ3v) is 3.99. The molecule has 0 saturated carbocycles. The first kappa shape index (κ1) is 17.5. The molecule has 1 atom stereocenters. The number of rotatable bonds is 6. The third kappa shape index (κ3) is 3.08. The van der Waals surface area contributed by atoms with Crippen molar-refractivity contribution in [2.24, 2.45) is 10.5 Å². The molecule has 1 aliphatic heterocycles. The summed E-state index contributed by atoms with van der Waals surface area (Å²) in [4.78, 5) is 24.9. The zero-order valence-corrected chi connectivity index (χ0v) is 13.9. The molecule has 0 fully saturated rings. The van der Waals surface area contributed by atoms with Crippen LogP contribution in [0.25, 0.3) is 0 Å². The third-order valence-electron chi connectivity index (χ3n) is 3.99. The molecule has 1 unspecified atom stereocenters. The van der Waals surface area contributed by atoms with Crippen molar-refractivity contribution in [1.82, 2.24) is 0 Å². The number of hydrogen-bond acceptors (Lipinski definition) is 6. The van der Waals surface area contributed by atoms with E-state index in [0.717, 1.165) is 0 Å². The molecule has 7 heteroatoms. The Morgan fingerprint density at radius 3 is 2.58 bits per heavy atom. The first-order valence-corrected chi connectivity index (χ1v) is 7.55. The summed E-state index contributed by atoms with van der Waals surface area (Å²) >= 11 is 0. The van der Waals surface area contributed by atoms with E-state index >= 15 is 0 Å². The number of carbonyl (C=O) groups is 2. The number of ether oxygens (including phenoxy) is 2. The molecule has 1 aromatic rings. The second kappa shape index (κ2) is 7.13. The highest BCUT2D eigenvalue weighted by atomic mass is 16.5. The maximum atomic E-state index is 12.9. The molecule has 1 aliphatic rings. The standard InChI is InChI=1S/C17H19N3O4/c1-4-24-15(21)11-17(9-10-18)12(2)19-20(16(17)22)13-5-7-14(23-3)8-6-13/h5-8H,4,9,11H2,1-3H3. The van der Waals surface area contributed by atoms with Gasteiger partial charge in [0, 0.05) is 0 Å². The fraction of sp³-hybridized carbons (Fsp3) is 0.412. The maximum Gasteiger partial charge on any atom is 0.307 e. The molecule has 2 rings (SSSR count). The van der Waals surface area contributed by atoms with E-state index in [9.17, 15) is 9.59 Å². The van der Waals surface area contributed by atoms with Crippen molar-refractivity contribution >= 4 is 23.3 Å². The van der Waals surface area contributed by atoms with Crippen molar-refractivity contribution in [3.8, 4) is 11.8 Å². The molecule has 0 aliphatic carbocycles. The highest BCUT2D eigenvalue weighted by Gasteiger charge is 2.51. The molecule has 0 N–H and O–H groups in total. The summed E-state index contributed by atoms with van der Waals surface area (Å²) in [5, 5.41) is 14.7. The molecule has 0 spiro atoms. The van der Waals surface area contributed by atoms with Crippen LogP contribution < -0.4 is 9.75 Å². The molecule has 126 valence electrons. The van der Waals surface area contributed by atoms with Gasteiger partial charge in [-0.2, -0.15) is 15.4 Å². The van der Waals surface area contributed by atoms with Gasteiger partial charge in [0.1, 0.15) is 11.2 Å². The first-order valence-electron chi connectivity index (χ1n) is 7.55. The molecule has 7 nitrogen and oxygen atoms in total. The van der Waals surface area contributed by atoms with Crippen LogP contribution in [0.3, 0.4) is 0 Å². The minimum absolute atomic E-state index is 0.132. The lowest BCUT2D eigenvalue weighted by Crippen LogP contribution is -2.41. The number of amides is 1. The van der Waals surface area contributed by atoms with Gasteiger partial charge in [0.2, 0.25) is 0 Å². The molecule has 0 bridgehead atoms. The molecule has 1 heterocycles. The van der Waals surface area contributed by atoms with E-state index in [0.29, 0.717) is 17.1 Å². The molecule has 0 aromatic heterocycles. The number of esters is 1. The van der Waals surface area contributed by atoms with E-state index in [2.05, 4.69) is 5.10 Å². The van der Waals surface area contributed by atoms with Crippen LogP contribution in [0.1, 0.15) is 26.7 Å². The molecule has 0 radical (unpaired) electrons. The van der Waals surface area contributed by atoms with E-state index in [4.69, 9.17) is 14.7 Å². The van der Waals surface area contributed by atoms with Crippen LogP contribution in [0, 0.1) is 16.7 Å². The van der Waals surface area contributed by atoms with E-state index < -0.39 is 17.3 Å².